The minimum absolute atomic E-state index is 0.0331. The zero-order chi connectivity index (χ0) is 23.2. The van der Waals surface area contributed by atoms with Gasteiger partial charge in [-0.15, -0.1) is 10.2 Å². The van der Waals surface area contributed by atoms with Crippen molar-refractivity contribution in [1.29, 1.82) is 0 Å². The van der Waals surface area contributed by atoms with Gasteiger partial charge in [0.1, 0.15) is 0 Å². The van der Waals surface area contributed by atoms with Gasteiger partial charge in [0.2, 0.25) is 11.0 Å². The van der Waals surface area contributed by atoms with E-state index in [2.05, 4.69) is 24.0 Å². The zero-order valence-corrected chi connectivity index (χ0v) is 21.4. The van der Waals surface area contributed by atoms with Gasteiger partial charge in [-0.3, -0.25) is 14.5 Å². The molecule has 1 aromatic carbocycles. The first-order chi connectivity index (χ1) is 15.8. The quantitative estimate of drug-likeness (QED) is 0.279. The van der Waals surface area contributed by atoms with Crippen LogP contribution < -0.4 is 4.90 Å². The van der Waals surface area contributed by atoms with Gasteiger partial charge in [0, 0.05) is 40.8 Å². The van der Waals surface area contributed by atoms with Crippen LogP contribution in [0.4, 0.5) is 5.13 Å². The number of carbonyl (C=O) groups excluding carboxylic acids is 2. The van der Waals surface area contributed by atoms with Crippen LogP contribution in [0.3, 0.4) is 0 Å². The number of rotatable bonds is 5. The van der Waals surface area contributed by atoms with E-state index in [-0.39, 0.29) is 29.4 Å². The molecule has 2 aliphatic rings. The van der Waals surface area contributed by atoms with Gasteiger partial charge in [-0.1, -0.05) is 66.7 Å². The number of thiophene rings is 1. The van der Waals surface area contributed by atoms with Crippen LogP contribution in [-0.4, -0.2) is 21.9 Å². The van der Waals surface area contributed by atoms with Crippen LogP contribution in [-0.2, 0) is 15.3 Å². The summed E-state index contributed by atoms with van der Waals surface area (Å²) in [7, 11) is 0. The van der Waals surface area contributed by atoms with Gasteiger partial charge in [-0.2, -0.15) is 11.3 Å². The first-order valence-electron chi connectivity index (χ1n) is 10.6. The number of carbonyl (C=O) groups is 2. The second-order valence-electron chi connectivity index (χ2n) is 9.07. The Kier molecular flexibility index (Phi) is 6.20. The Bertz CT molecular complexity index is 1250. The van der Waals surface area contributed by atoms with Gasteiger partial charge >= 0.3 is 0 Å². The summed E-state index contributed by atoms with van der Waals surface area (Å²) in [6, 6.07) is 9.74. The van der Waals surface area contributed by atoms with E-state index in [0.29, 0.717) is 23.7 Å². The zero-order valence-electron chi connectivity index (χ0n) is 18.2. The minimum atomic E-state index is -0.211. The van der Waals surface area contributed by atoms with Crippen molar-refractivity contribution < 1.29 is 9.59 Å². The molecule has 3 aromatic rings. The summed E-state index contributed by atoms with van der Waals surface area (Å²) in [6.07, 6.45) is 1.41. The third kappa shape index (κ3) is 4.54. The van der Waals surface area contributed by atoms with Gasteiger partial charge in [0.05, 0.1) is 0 Å². The minimum Gasteiger partial charge on any atom is -0.294 e. The maximum atomic E-state index is 13.4. The van der Waals surface area contributed by atoms with E-state index >= 15 is 0 Å². The standard InChI is InChI=1S/C24H22ClN3O2S3/c1-24(2)10-18-21(19(29)11-24)16(14-7-8-31-12-14)9-20(30)28(18)22-26-27-23(33-22)32-13-15-5-3-4-6-17(15)25/h3-8,12,16H,9-11,13H2,1-2H3/t16-/m0/s1. The Morgan fingerprint density at radius 1 is 1.18 bits per heavy atom. The molecule has 170 valence electrons. The highest BCUT2D eigenvalue weighted by atomic mass is 35.5. The van der Waals surface area contributed by atoms with Crippen molar-refractivity contribution in [2.45, 2.75) is 49.1 Å². The lowest BCUT2D eigenvalue weighted by molar-refractivity contribution is -0.121. The number of thioether (sulfide) groups is 1. The second-order valence-corrected chi connectivity index (χ2v) is 12.4. The molecular formula is C24H22ClN3O2S3. The molecule has 0 fully saturated rings. The fourth-order valence-corrected chi connectivity index (χ4v) is 7.39. The number of Topliss-reactive ketones (excluding diaryl/α,β-unsaturated/α-hetero) is 1. The molecule has 5 rings (SSSR count). The molecule has 2 aromatic heterocycles. The fraction of sp³-hybridized carbons (Fsp3) is 0.333. The average Bonchev–Trinajstić information content (AvgIpc) is 3.44. The number of ketones is 1. The van der Waals surface area contributed by atoms with E-state index in [1.807, 2.05) is 41.1 Å². The molecule has 0 radical (unpaired) electrons. The fourth-order valence-electron chi connectivity index (χ4n) is 4.50. The van der Waals surface area contributed by atoms with Crippen LogP contribution in [0.2, 0.25) is 5.02 Å². The molecule has 0 spiro atoms. The molecule has 3 heterocycles. The molecule has 0 bridgehead atoms. The molecule has 1 amide bonds. The first kappa shape index (κ1) is 22.8. The van der Waals surface area contributed by atoms with Crippen molar-refractivity contribution in [1.82, 2.24) is 10.2 Å². The number of halogens is 1. The predicted molar refractivity (Wildman–Crippen MR) is 135 cm³/mol. The summed E-state index contributed by atoms with van der Waals surface area (Å²) < 4.78 is 0.765. The summed E-state index contributed by atoms with van der Waals surface area (Å²) >= 11 is 10.8. The first-order valence-corrected chi connectivity index (χ1v) is 13.8. The van der Waals surface area contributed by atoms with Gasteiger partial charge < -0.3 is 0 Å². The molecular weight excluding hydrogens is 494 g/mol. The van der Waals surface area contributed by atoms with Gasteiger partial charge in [-0.25, -0.2) is 0 Å². The van der Waals surface area contributed by atoms with E-state index in [1.165, 1.54) is 11.3 Å². The van der Waals surface area contributed by atoms with Crippen LogP contribution in [0.5, 0.6) is 0 Å². The topological polar surface area (TPSA) is 63.2 Å². The molecule has 1 aliphatic heterocycles. The van der Waals surface area contributed by atoms with Crippen molar-refractivity contribution in [3.8, 4) is 0 Å². The normalized spacial score (nSPS) is 20.3. The molecule has 5 nitrogen and oxygen atoms in total. The lowest BCUT2D eigenvalue weighted by atomic mass is 9.69. The highest BCUT2D eigenvalue weighted by Crippen LogP contribution is 2.49. The van der Waals surface area contributed by atoms with Crippen LogP contribution in [0, 0.1) is 5.41 Å². The predicted octanol–water partition coefficient (Wildman–Crippen LogP) is 6.71. The average molecular weight is 516 g/mol. The molecule has 0 N–H and O–H groups in total. The van der Waals surface area contributed by atoms with Crippen molar-refractivity contribution in [2.75, 3.05) is 4.90 Å². The summed E-state index contributed by atoms with van der Waals surface area (Å²) in [5.41, 5.74) is 3.42. The number of nitrogens with zero attached hydrogens (tertiary/aromatic N) is 3. The van der Waals surface area contributed by atoms with Gasteiger partial charge in [0.25, 0.3) is 0 Å². The molecule has 9 heteroatoms. The lowest BCUT2D eigenvalue weighted by Gasteiger charge is -2.41. The van der Waals surface area contributed by atoms with Crippen molar-refractivity contribution in [2.24, 2.45) is 5.41 Å². The second kappa shape index (κ2) is 8.98. The Balaban J connectivity index is 1.48. The van der Waals surface area contributed by atoms with Crippen LogP contribution in [0.25, 0.3) is 0 Å². The number of hydrogen-bond donors (Lipinski definition) is 0. The van der Waals surface area contributed by atoms with Gasteiger partial charge in [-0.05, 0) is 45.9 Å². The van der Waals surface area contributed by atoms with E-state index in [9.17, 15) is 9.59 Å². The lowest BCUT2D eigenvalue weighted by Crippen LogP contribution is -2.43. The molecule has 33 heavy (non-hydrogen) atoms. The maximum Gasteiger partial charge on any atom is 0.234 e. The third-order valence-corrected chi connectivity index (χ3v) is 9.15. The summed E-state index contributed by atoms with van der Waals surface area (Å²) in [4.78, 5) is 28.4. The van der Waals surface area contributed by atoms with E-state index in [4.69, 9.17) is 11.6 Å². The Hall–Kier alpha value is -2.00. The summed E-state index contributed by atoms with van der Waals surface area (Å²) in [6.45, 7) is 4.16. The van der Waals surface area contributed by atoms with Crippen LogP contribution in [0.15, 0.2) is 56.7 Å². The number of amides is 1. The van der Waals surface area contributed by atoms with E-state index < -0.39 is 0 Å². The Morgan fingerprint density at radius 3 is 2.76 bits per heavy atom. The number of benzene rings is 1. The molecule has 1 atom stereocenters. The van der Waals surface area contributed by atoms with Crippen molar-refractivity contribution >= 4 is 62.9 Å². The SMILES string of the molecule is CC1(C)CC(=O)C2=C(C1)N(c1nnc(SCc3ccccc3Cl)s1)C(=O)C[C@H]2c1ccsc1. The number of anilines is 1. The maximum absolute atomic E-state index is 13.4. The van der Waals surface area contributed by atoms with Crippen molar-refractivity contribution in [3.63, 3.8) is 0 Å². The van der Waals surface area contributed by atoms with E-state index in [1.54, 1.807) is 28.0 Å². The van der Waals surface area contributed by atoms with Gasteiger partial charge in [0.15, 0.2) is 10.1 Å². The summed E-state index contributed by atoms with van der Waals surface area (Å²) in [5.74, 6) is 0.588. The number of hydrogen-bond acceptors (Lipinski definition) is 7. The van der Waals surface area contributed by atoms with Crippen LogP contribution >= 0.6 is 46.0 Å². The van der Waals surface area contributed by atoms with Crippen molar-refractivity contribution in [3.05, 3.63) is 68.5 Å². The molecule has 0 saturated heterocycles. The number of aromatic nitrogens is 2. The monoisotopic (exact) mass is 515 g/mol. The number of allylic oxidation sites excluding steroid dienone is 2. The van der Waals surface area contributed by atoms with E-state index in [0.717, 1.165) is 31.8 Å². The smallest absolute Gasteiger partial charge is 0.234 e. The Morgan fingerprint density at radius 2 is 2.00 bits per heavy atom. The molecule has 0 saturated carbocycles. The highest BCUT2D eigenvalue weighted by molar-refractivity contribution is 8.00. The largest absolute Gasteiger partial charge is 0.294 e. The third-order valence-electron chi connectivity index (χ3n) is 5.98. The Labute approximate surface area is 209 Å². The molecule has 1 aliphatic carbocycles. The summed E-state index contributed by atoms with van der Waals surface area (Å²) in [5, 5.41) is 14.0. The molecule has 0 unspecified atom stereocenters. The van der Waals surface area contributed by atoms with Crippen LogP contribution in [0.1, 0.15) is 50.2 Å². The highest BCUT2D eigenvalue weighted by Gasteiger charge is 2.45.